The Balaban J connectivity index is 1.69. The second kappa shape index (κ2) is 7.21. The van der Waals surface area contributed by atoms with Gasteiger partial charge < -0.3 is 14.8 Å². The number of hydrogen-bond donors (Lipinski definition) is 1. The molecule has 1 saturated heterocycles. The van der Waals surface area contributed by atoms with Crippen molar-refractivity contribution in [1.82, 2.24) is 9.88 Å². The predicted octanol–water partition coefficient (Wildman–Crippen LogP) is -0.106. The molecule has 1 fully saturated rings. The van der Waals surface area contributed by atoms with E-state index in [2.05, 4.69) is 28.9 Å². The van der Waals surface area contributed by atoms with Crippen LogP contribution in [0.4, 0.5) is 0 Å². The number of carbonyl (C=O) groups excluding carboxylic acids is 1. The fourth-order valence-corrected chi connectivity index (χ4v) is 3.73. The number of nitrogens with zero attached hydrogens (tertiary/aromatic N) is 2. The van der Waals surface area contributed by atoms with Crippen molar-refractivity contribution < 1.29 is 14.8 Å². The predicted molar refractivity (Wildman–Crippen MR) is 88.4 cm³/mol. The SMILES string of the molecule is CC[NH+]1CCN(Cc2cccc(-c3nc(C(=O)[O-])cs3)c2)CC1. The molecule has 0 atom stereocenters. The normalized spacial score (nSPS) is 16.6. The van der Waals surface area contributed by atoms with Crippen molar-refractivity contribution in [3.63, 3.8) is 0 Å². The number of carbonyl (C=O) groups is 1. The molecule has 1 aromatic heterocycles. The van der Waals surface area contributed by atoms with Crippen LogP contribution >= 0.6 is 11.3 Å². The molecule has 0 aliphatic carbocycles. The van der Waals surface area contributed by atoms with E-state index in [4.69, 9.17) is 0 Å². The molecule has 1 aromatic carbocycles. The lowest BCUT2D eigenvalue weighted by atomic mass is 10.1. The molecule has 0 bridgehead atoms. The second-order valence-electron chi connectivity index (χ2n) is 5.91. The van der Waals surface area contributed by atoms with E-state index in [-0.39, 0.29) is 5.69 Å². The highest BCUT2D eigenvalue weighted by atomic mass is 32.1. The van der Waals surface area contributed by atoms with Crippen LogP contribution in [0.2, 0.25) is 0 Å². The van der Waals surface area contributed by atoms with Crippen molar-refractivity contribution in [2.45, 2.75) is 13.5 Å². The first-order valence-electron chi connectivity index (χ1n) is 7.98. The van der Waals surface area contributed by atoms with E-state index >= 15 is 0 Å². The number of aromatic carboxylic acids is 1. The largest absolute Gasteiger partial charge is 0.543 e. The fraction of sp³-hybridized carbons (Fsp3) is 0.412. The molecule has 0 radical (unpaired) electrons. The van der Waals surface area contributed by atoms with Gasteiger partial charge in [-0.25, -0.2) is 4.98 Å². The van der Waals surface area contributed by atoms with Crippen LogP contribution in [0.25, 0.3) is 10.6 Å². The average molecular weight is 331 g/mol. The van der Waals surface area contributed by atoms with Crippen molar-refractivity contribution >= 4 is 17.3 Å². The molecule has 1 N–H and O–H groups in total. The van der Waals surface area contributed by atoms with Gasteiger partial charge >= 0.3 is 0 Å². The maximum Gasteiger partial charge on any atom is 0.124 e. The van der Waals surface area contributed by atoms with E-state index in [0.717, 1.165) is 30.2 Å². The van der Waals surface area contributed by atoms with Gasteiger partial charge in [0, 0.05) is 30.6 Å². The monoisotopic (exact) mass is 331 g/mol. The summed E-state index contributed by atoms with van der Waals surface area (Å²) >= 11 is 1.34. The lowest BCUT2D eigenvalue weighted by Gasteiger charge is -2.31. The van der Waals surface area contributed by atoms with E-state index in [1.165, 1.54) is 41.9 Å². The molecule has 1 aliphatic rings. The van der Waals surface area contributed by atoms with Crippen LogP contribution in [-0.4, -0.2) is 48.6 Å². The van der Waals surface area contributed by atoms with E-state index in [1.807, 2.05) is 12.1 Å². The number of nitrogens with one attached hydrogen (secondary N) is 1. The van der Waals surface area contributed by atoms with Gasteiger partial charge in [-0.1, -0.05) is 18.2 Å². The zero-order valence-corrected chi connectivity index (χ0v) is 14.1. The molecular formula is C17H21N3O2S. The highest BCUT2D eigenvalue weighted by molar-refractivity contribution is 7.13. The first-order valence-corrected chi connectivity index (χ1v) is 8.85. The topological polar surface area (TPSA) is 60.7 Å². The summed E-state index contributed by atoms with van der Waals surface area (Å²) in [5.74, 6) is -1.22. The van der Waals surface area contributed by atoms with Crippen LogP contribution in [0.1, 0.15) is 23.0 Å². The summed E-state index contributed by atoms with van der Waals surface area (Å²) in [6.45, 7) is 9.04. The number of hydrogen-bond acceptors (Lipinski definition) is 5. The number of carboxylic acids is 1. The van der Waals surface area contributed by atoms with Crippen LogP contribution in [0.3, 0.4) is 0 Å². The van der Waals surface area contributed by atoms with Crippen LogP contribution < -0.4 is 10.0 Å². The molecule has 1 aliphatic heterocycles. The van der Waals surface area contributed by atoms with Gasteiger partial charge in [0.1, 0.15) is 5.01 Å². The van der Waals surface area contributed by atoms with Gasteiger partial charge in [0.05, 0.1) is 31.3 Å². The molecule has 0 saturated carbocycles. The Kier molecular flexibility index (Phi) is 5.05. The maximum atomic E-state index is 10.9. The van der Waals surface area contributed by atoms with E-state index < -0.39 is 5.97 Å². The summed E-state index contributed by atoms with van der Waals surface area (Å²) in [7, 11) is 0. The molecule has 2 heterocycles. The van der Waals surface area contributed by atoms with Crippen LogP contribution in [0.5, 0.6) is 0 Å². The third-order valence-corrected chi connectivity index (χ3v) is 5.25. The van der Waals surface area contributed by atoms with E-state index in [1.54, 1.807) is 4.90 Å². The minimum absolute atomic E-state index is 0.00839. The smallest absolute Gasteiger partial charge is 0.124 e. The van der Waals surface area contributed by atoms with E-state index in [0.29, 0.717) is 0 Å². The van der Waals surface area contributed by atoms with E-state index in [9.17, 15) is 9.90 Å². The summed E-state index contributed by atoms with van der Waals surface area (Å²) in [4.78, 5) is 19.1. The Morgan fingerprint density at radius 1 is 1.39 bits per heavy atom. The minimum atomic E-state index is -1.22. The summed E-state index contributed by atoms with van der Waals surface area (Å²) in [5.41, 5.74) is 2.22. The molecule has 3 rings (SSSR count). The zero-order chi connectivity index (χ0) is 16.2. The number of piperazine rings is 1. The third-order valence-electron chi connectivity index (χ3n) is 4.36. The van der Waals surface area contributed by atoms with Crippen LogP contribution in [0, 0.1) is 0 Å². The molecule has 2 aromatic rings. The van der Waals surface area contributed by atoms with Crippen molar-refractivity contribution in [1.29, 1.82) is 0 Å². The van der Waals surface area contributed by atoms with Crippen LogP contribution in [-0.2, 0) is 6.54 Å². The number of benzene rings is 1. The fourth-order valence-electron chi connectivity index (χ4n) is 2.94. The Labute approximate surface area is 140 Å². The molecule has 23 heavy (non-hydrogen) atoms. The second-order valence-corrected chi connectivity index (χ2v) is 6.76. The number of quaternary nitrogens is 1. The van der Waals surface area contributed by atoms with Gasteiger partial charge in [-0.3, -0.25) is 4.90 Å². The summed E-state index contributed by atoms with van der Waals surface area (Å²) in [6.07, 6.45) is 0. The quantitative estimate of drug-likeness (QED) is 0.831. The Bertz CT molecular complexity index is 678. The first kappa shape index (κ1) is 16.1. The highest BCUT2D eigenvalue weighted by Gasteiger charge is 2.18. The molecule has 6 heteroatoms. The Hall–Kier alpha value is -1.76. The van der Waals surface area contributed by atoms with Crippen molar-refractivity contribution in [2.75, 3.05) is 32.7 Å². The van der Waals surface area contributed by atoms with Crippen molar-refractivity contribution in [2.24, 2.45) is 0 Å². The molecule has 0 spiro atoms. The van der Waals surface area contributed by atoms with Gasteiger partial charge in [-0.2, -0.15) is 0 Å². The molecule has 122 valence electrons. The lowest BCUT2D eigenvalue weighted by Crippen LogP contribution is -3.14. The highest BCUT2D eigenvalue weighted by Crippen LogP contribution is 2.24. The maximum absolute atomic E-state index is 10.9. The van der Waals surface area contributed by atoms with Gasteiger partial charge in [0.25, 0.3) is 0 Å². The molecular weight excluding hydrogens is 310 g/mol. The van der Waals surface area contributed by atoms with Crippen molar-refractivity contribution in [3.8, 4) is 10.6 Å². The number of thiazole rings is 1. The Morgan fingerprint density at radius 3 is 2.83 bits per heavy atom. The zero-order valence-electron chi connectivity index (χ0n) is 13.2. The van der Waals surface area contributed by atoms with Gasteiger partial charge in [-0.05, 0) is 18.6 Å². The molecule has 0 amide bonds. The summed E-state index contributed by atoms with van der Waals surface area (Å²) in [5, 5.41) is 13.1. The van der Waals surface area contributed by atoms with Crippen molar-refractivity contribution in [3.05, 3.63) is 40.9 Å². The van der Waals surface area contributed by atoms with Gasteiger partial charge in [0.2, 0.25) is 0 Å². The van der Waals surface area contributed by atoms with Gasteiger partial charge in [-0.15, -0.1) is 11.3 Å². The number of aromatic nitrogens is 1. The molecule has 5 nitrogen and oxygen atoms in total. The standard InChI is InChI=1S/C17H21N3O2S/c1-2-19-6-8-20(9-7-19)11-13-4-3-5-14(10-13)16-18-15(12-23-16)17(21)22/h3-5,10,12H,2,6-9,11H2,1H3,(H,21,22). The summed E-state index contributed by atoms with van der Waals surface area (Å²) < 4.78 is 0. The number of carboxylic acid groups (broad SMARTS) is 1. The minimum Gasteiger partial charge on any atom is -0.543 e. The average Bonchev–Trinajstić information content (AvgIpc) is 3.06. The lowest BCUT2D eigenvalue weighted by molar-refractivity contribution is -0.902. The third kappa shape index (κ3) is 3.96. The first-order chi connectivity index (χ1) is 11.2. The van der Waals surface area contributed by atoms with Crippen LogP contribution in [0.15, 0.2) is 29.6 Å². The Morgan fingerprint density at radius 2 is 2.17 bits per heavy atom. The number of rotatable bonds is 5. The number of likely N-dealkylation sites (N-methyl/N-ethyl adjacent to an activating group) is 1. The molecule has 0 unspecified atom stereocenters. The summed E-state index contributed by atoms with van der Waals surface area (Å²) in [6, 6.07) is 8.21. The van der Waals surface area contributed by atoms with Gasteiger partial charge in [0.15, 0.2) is 0 Å².